The third-order valence-electron chi connectivity index (χ3n) is 5.79. The second-order valence-corrected chi connectivity index (χ2v) is 6.98. The number of rotatable bonds is 3. The lowest BCUT2D eigenvalue weighted by Gasteiger charge is -2.31. The Bertz CT molecular complexity index is 242. The summed E-state index contributed by atoms with van der Waals surface area (Å²) in [6.45, 7) is 2.47. The van der Waals surface area contributed by atoms with Crippen molar-refractivity contribution in [2.45, 2.75) is 83.2 Å². The van der Waals surface area contributed by atoms with Gasteiger partial charge in [-0.2, -0.15) is 0 Å². The molecule has 98 valence electrons. The zero-order valence-electron chi connectivity index (χ0n) is 11.5. The van der Waals surface area contributed by atoms with Gasteiger partial charge in [0, 0.05) is 12.1 Å². The molecule has 0 spiro atoms. The van der Waals surface area contributed by atoms with Crippen LogP contribution in [0.25, 0.3) is 0 Å². The van der Waals surface area contributed by atoms with E-state index in [0.29, 0.717) is 0 Å². The van der Waals surface area contributed by atoms with Crippen LogP contribution in [0.4, 0.5) is 0 Å². The van der Waals surface area contributed by atoms with Gasteiger partial charge in [-0.15, -0.1) is 0 Å². The van der Waals surface area contributed by atoms with Crippen LogP contribution >= 0.6 is 0 Å². The molecule has 2 bridgehead atoms. The van der Waals surface area contributed by atoms with Crippen molar-refractivity contribution >= 4 is 0 Å². The molecule has 0 aromatic rings. The maximum absolute atomic E-state index is 3.99. The minimum atomic E-state index is 0.786. The lowest BCUT2D eigenvalue weighted by atomic mass is 9.83. The Morgan fingerprint density at radius 1 is 0.882 bits per heavy atom. The first-order chi connectivity index (χ1) is 8.33. The fourth-order valence-electron chi connectivity index (χ4n) is 4.85. The minimum absolute atomic E-state index is 0.786. The Hall–Kier alpha value is -0.0400. The SMILES string of the molecule is CC(NC1CCCCCC1)C1CC2CCC1C2. The zero-order chi connectivity index (χ0) is 11.7. The molecule has 3 aliphatic rings. The number of fused-ring (bicyclic) bond motifs is 2. The van der Waals surface area contributed by atoms with Gasteiger partial charge in [-0.3, -0.25) is 0 Å². The second kappa shape index (κ2) is 5.30. The quantitative estimate of drug-likeness (QED) is 0.725. The van der Waals surface area contributed by atoms with Crippen molar-refractivity contribution in [3.05, 3.63) is 0 Å². The molecule has 3 rings (SSSR count). The highest BCUT2D eigenvalue weighted by molar-refractivity contribution is 4.94. The predicted octanol–water partition coefficient (Wildman–Crippen LogP) is 4.12. The number of hydrogen-bond donors (Lipinski definition) is 1. The Morgan fingerprint density at radius 2 is 1.65 bits per heavy atom. The molecule has 4 atom stereocenters. The average Bonchev–Trinajstić information content (AvgIpc) is 2.87. The van der Waals surface area contributed by atoms with Gasteiger partial charge in [-0.25, -0.2) is 0 Å². The molecule has 3 aliphatic carbocycles. The topological polar surface area (TPSA) is 12.0 Å². The van der Waals surface area contributed by atoms with Gasteiger partial charge < -0.3 is 5.32 Å². The van der Waals surface area contributed by atoms with Crippen LogP contribution in [0.1, 0.15) is 71.1 Å². The van der Waals surface area contributed by atoms with Gasteiger partial charge in [0.05, 0.1) is 0 Å². The summed E-state index contributed by atoms with van der Waals surface area (Å²) in [5, 5.41) is 3.99. The van der Waals surface area contributed by atoms with Crippen molar-refractivity contribution in [3.63, 3.8) is 0 Å². The molecule has 0 amide bonds. The van der Waals surface area contributed by atoms with Crippen molar-refractivity contribution in [1.29, 1.82) is 0 Å². The molecular formula is C16H29N. The summed E-state index contributed by atoms with van der Waals surface area (Å²) in [6.07, 6.45) is 14.9. The number of nitrogens with one attached hydrogen (secondary N) is 1. The van der Waals surface area contributed by atoms with E-state index in [1.54, 1.807) is 6.42 Å². The highest BCUT2D eigenvalue weighted by Crippen LogP contribution is 2.49. The van der Waals surface area contributed by atoms with Gasteiger partial charge in [-0.05, 0) is 56.8 Å². The van der Waals surface area contributed by atoms with E-state index in [-0.39, 0.29) is 0 Å². The van der Waals surface area contributed by atoms with Crippen LogP contribution in [0.5, 0.6) is 0 Å². The van der Waals surface area contributed by atoms with Crippen LogP contribution < -0.4 is 5.32 Å². The van der Waals surface area contributed by atoms with Crippen LogP contribution in [0.2, 0.25) is 0 Å². The first-order valence-corrected chi connectivity index (χ1v) is 8.09. The first kappa shape index (κ1) is 12.0. The van der Waals surface area contributed by atoms with Crippen molar-refractivity contribution in [1.82, 2.24) is 5.32 Å². The molecule has 4 unspecified atom stereocenters. The Morgan fingerprint density at radius 3 is 2.24 bits per heavy atom. The Kier molecular flexibility index (Phi) is 3.75. The van der Waals surface area contributed by atoms with E-state index in [1.807, 2.05) is 0 Å². The third kappa shape index (κ3) is 2.70. The first-order valence-electron chi connectivity index (χ1n) is 8.09. The molecule has 0 aromatic carbocycles. The summed E-state index contributed by atoms with van der Waals surface area (Å²) in [5.41, 5.74) is 0. The third-order valence-corrected chi connectivity index (χ3v) is 5.79. The van der Waals surface area contributed by atoms with E-state index in [2.05, 4.69) is 12.2 Å². The van der Waals surface area contributed by atoms with Crippen molar-refractivity contribution in [2.75, 3.05) is 0 Å². The maximum Gasteiger partial charge on any atom is 0.00723 e. The van der Waals surface area contributed by atoms with E-state index < -0.39 is 0 Å². The van der Waals surface area contributed by atoms with Crippen LogP contribution in [-0.4, -0.2) is 12.1 Å². The molecule has 1 N–H and O–H groups in total. The predicted molar refractivity (Wildman–Crippen MR) is 73.0 cm³/mol. The smallest absolute Gasteiger partial charge is 0.00723 e. The maximum atomic E-state index is 3.99. The van der Waals surface area contributed by atoms with E-state index in [1.165, 1.54) is 57.8 Å². The zero-order valence-corrected chi connectivity index (χ0v) is 11.5. The van der Waals surface area contributed by atoms with Crippen LogP contribution in [0.15, 0.2) is 0 Å². The monoisotopic (exact) mass is 235 g/mol. The molecule has 3 fully saturated rings. The molecule has 1 heteroatoms. The molecule has 0 saturated heterocycles. The second-order valence-electron chi connectivity index (χ2n) is 6.98. The average molecular weight is 235 g/mol. The summed E-state index contributed by atoms with van der Waals surface area (Å²) in [5.74, 6) is 3.19. The van der Waals surface area contributed by atoms with E-state index in [4.69, 9.17) is 0 Å². The molecular weight excluding hydrogens is 206 g/mol. The highest BCUT2D eigenvalue weighted by atomic mass is 15.0. The van der Waals surface area contributed by atoms with Gasteiger partial charge in [0.15, 0.2) is 0 Å². The van der Waals surface area contributed by atoms with Crippen LogP contribution in [0.3, 0.4) is 0 Å². The lowest BCUT2D eigenvalue weighted by molar-refractivity contribution is 0.238. The summed E-state index contributed by atoms with van der Waals surface area (Å²) in [4.78, 5) is 0. The van der Waals surface area contributed by atoms with Crippen LogP contribution in [0, 0.1) is 17.8 Å². The summed E-state index contributed by atoms with van der Waals surface area (Å²) in [6, 6.07) is 1.63. The van der Waals surface area contributed by atoms with Gasteiger partial charge >= 0.3 is 0 Å². The van der Waals surface area contributed by atoms with Crippen LogP contribution in [-0.2, 0) is 0 Å². The Labute approximate surface area is 107 Å². The Balaban J connectivity index is 1.50. The summed E-state index contributed by atoms with van der Waals surface area (Å²) >= 11 is 0. The van der Waals surface area contributed by atoms with Gasteiger partial charge in [0.2, 0.25) is 0 Å². The van der Waals surface area contributed by atoms with Crippen molar-refractivity contribution < 1.29 is 0 Å². The normalized spacial score (nSPS) is 40.4. The van der Waals surface area contributed by atoms with Crippen molar-refractivity contribution in [3.8, 4) is 0 Å². The molecule has 3 saturated carbocycles. The molecule has 0 aromatic heterocycles. The summed E-state index contributed by atoms with van der Waals surface area (Å²) < 4.78 is 0. The molecule has 1 nitrogen and oxygen atoms in total. The van der Waals surface area contributed by atoms with E-state index in [9.17, 15) is 0 Å². The molecule has 0 heterocycles. The molecule has 0 radical (unpaired) electrons. The van der Waals surface area contributed by atoms with Gasteiger partial charge in [-0.1, -0.05) is 32.1 Å². The fourth-order valence-corrected chi connectivity index (χ4v) is 4.85. The lowest BCUT2D eigenvalue weighted by Crippen LogP contribution is -2.42. The van der Waals surface area contributed by atoms with E-state index in [0.717, 1.165) is 29.8 Å². The molecule has 0 aliphatic heterocycles. The largest absolute Gasteiger partial charge is 0.311 e. The van der Waals surface area contributed by atoms with E-state index >= 15 is 0 Å². The fraction of sp³-hybridized carbons (Fsp3) is 1.00. The highest BCUT2D eigenvalue weighted by Gasteiger charge is 2.41. The van der Waals surface area contributed by atoms with Gasteiger partial charge in [0.25, 0.3) is 0 Å². The molecule has 17 heavy (non-hydrogen) atoms. The van der Waals surface area contributed by atoms with Gasteiger partial charge in [0.1, 0.15) is 0 Å². The minimum Gasteiger partial charge on any atom is -0.311 e. The standard InChI is InChI=1S/C16H29N/c1-12(16-11-13-8-9-14(16)10-13)17-15-6-4-2-3-5-7-15/h12-17H,2-11H2,1H3. The summed E-state index contributed by atoms with van der Waals surface area (Å²) in [7, 11) is 0. The van der Waals surface area contributed by atoms with Crippen molar-refractivity contribution in [2.24, 2.45) is 17.8 Å². The number of hydrogen-bond acceptors (Lipinski definition) is 1.